The second-order valence-electron chi connectivity index (χ2n) is 6.12. The van der Waals surface area contributed by atoms with Crippen LogP contribution < -0.4 is 10.6 Å². The van der Waals surface area contributed by atoms with E-state index in [4.69, 9.17) is 16.3 Å². The third kappa shape index (κ3) is 7.09. The summed E-state index contributed by atoms with van der Waals surface area (Å²) in [4.78, 5) is 11.4. The van der Waals surface area contributed by atoms with Crippen LogP contribution in [0, 0.1) is 5.82 Å². The van der Waals surface area contributed by atoms with Gasteiger partial charge < -0.3 is 15.4 Å². The average Bonchev–Trinajstić information content (AvgIpc) is 2.35. The Kier molecular flexibility index (Phi) is 7.10. The van der Waals surface area contributed by atoms with Gasteiger partial charge in [0.2, 0.25) is 0 Å². The minimum absolute atomic E-state index is 0.00891. The van der Waals surface area contributed by atoms with Gasteiger partial charge in [-0.05, 0) is 58.4 Å². The summed E-state index contributed by atoms with van der Waals surface area (Å²) in [6.45, 7) is 8.64. The van der Waals surface area contributed by atoms with Crippen molar-refractivity contribution in [3.8, 4) is 0 Å². The molecule has 4 nitrogen and oxygen atoms in total. The molecular formula is C16H24ClFN2O2. The number of rotatable bonds is 6. The van der Waals surface area contributed by atoms with Crippen molar-refractivity contribution < 1.29 is 13.9 Å². The summed E-state index contributed by atoms with van der Waals surface area (Å²) in [6, 6.07) is 4.38. The number of halogens is 2. The van der Waals surface area contributed by atoms with Crippen LogP contribution in [0.5, 0.6) is 0 Å². The minimum Gasteiger partial charge on any atom is -0.444 e. The third-order valence-electron chi connectivity index (χ3n) is 2.90. The molecule has 1 aromatic carbocycles. The molecule has 1 amide bonds. The highest BCUT2D eigenvalue weighted by Gasteiger charge is 2.15. The molecule has 1 atom stereocenters. The van der Waals surface area contributed by atoms with Crippen molar-refractivity contribution in [1.29, 1.82) is 0 Å². The molecule has 0 saturated heterocycles. The SMILES string of the molecule is CC(NCCCNC(=O)OC(C)(C)C)c1ccc(F)cc1Cl. The third-order valence-corrected chi connectivity index (χ3v) is 3.23. The molecule has 2 N–H and O–H groups in total. The van der Waals surface area contributed by atoms with Gasteiger partial charge in [0.15, 0.2) is 0 Å². The van der Waals surface area contributed by atoms with E-state index >= 15 is 0 Å². The molecule has 1 rings (SSSR count). The molecule has 0 bridgehead atoms. The molecule has 0 saturated carbocycles. The number of nitrogens with one attached hydrogen (secondary N) is 2. The molecule has 124 valence electrons. The Morgan fingerprint density at radius 2 is 2.05 bits per heavy atom. The summed E-state index contributed by atoms with van der Waals surface area (Å²) in [7, 11) is 0. The summed E-state index contributed by atoms with van der Waals surface area (Å²) in [5.74, 6) is -0.345. The normalized spacial score (nSPS) is 12.8. The molecule has 0 fully saturated rings. The van der Waals surface area contributed by atoms with Gasteiger partial charge in [-0.15, -0.1) is 0 Å². The lowest BCUT2D eigenvalue weighted by Crippen LogP contribution is -2.34. The Labute approximate surface area is 136 Å². The lowest BCUT2D eigenvalue weighted by molar-refractivity contribution is 0.0527. The lowest BCUT2D eigenvalue weighted by Gasteiger charge is -2.20. The standard InChI is InChI=1S/C16H24ClFN2O2/c1-11(13-7-6-12(18)10-14(13)17)19-8-5-9-20-15(21)22-16(2,3)4/h6-7,10-11,19H,5,8-9H2,1-4H3,(H,20,21). The predicted octanol–water partition coefficient (Wildman–Crippen LogP) is 4.04. The molecule has 0 spiro atoms. The summed E-state index contributed by atoms with van der Waals surface area (Å²) < 4.78 is 18.1. The molecule has 6 heteroatoms. The highest BCUT2D eigenvalue weighted by atomic mass is 35.5. The molecule has 1 unspecified atom stereocenters. The topological polar surface area (TPSA) is 50.4 Å². The number of alkyl carbamates (subject to hydrolysis) is 1. The van der Waals surface area contributed by atoms with Gasteiger partial charge in [-0.2, -0.15) is 0 Å². The van der Waals surface area contributed by atoms with Crippen LogP contribution in [-0.4, -0.2) is 24.8 Å². The van der Waals surface area contributed by atoms with Gasteiger partial charge in [0.25, 0.3) is 0 Å². The molecule has 0 heterocycles. The van der Waals surface area contributed by atoms with Crippen molar-refractivity contribution in [2.24, 2.45) is 0 Å². The predicted molar refractivity (Wildman–Crippen MR) is 86.7 cm³/mol. The smallest absolute Gasteiger partial charge is 0.407 e. The van der Waals surface area contributed by atoms with Gasteiger partial charge in [0.05, 0.1) is 0 Å². The zero-order valence-corrected chi connectivity index (χ0v) is 14.3. The van der Waals surface area contributed by atoms with Crippen LogP contribution in [0.25, 0.3) is 0 Å². The first-order valence-corrected chi connectivity index (χ1v) is 7.72. The fraction of sp³-hybridized carbons (Fsp3) is 0.562. The number of carbonyl (C=O) groups excluding carboxylic acids is 1. The number of benzene rings is 1. The van der Waals surface area contributed by atoms with Gasteiger partial charge in [-0.1, -0.05) is 17.7 Å². The fourth-order valence-electron chi connectivity index (χ4n) is 1.87. The molecule has 0 aromatic heterocycles. The first-order chi connectivity index (χ1) is 10.2. The lowest BCUT2D eigenvalue weighted by atomic mass is 10.1. The zero-order chi connectivity index (χ0) is 16.8. The monoisotopic (exact) mass is 330 g/mol. The van der Waals surface area contributed by atoms with Crippen molar-refractivity contribution in [2.45, 2.75) is 45.8 Å². The second-order valence-corrected chi connectivity index (χ2v) is 6.53. The first kappa shape index (κ1) is 18.7. The van der Waals surface area contributed by atoms with E-state index in [-0.39, 0.29) is 11.9 Å². The highest BCUT2D eigenvalue weighted by Crippen LogP contribution is 2.23. The van der Waals surface area contributed by atoms with Crippen molar-refractivity contribution in [3.63, 3.8) is 0 Å². The van der Waals surface area contributed by atoms with E-state index in [1.165, 1.54) is 12.1 Å². The number of ether oxygens (including phenoxy) is 1. The highest BCUT2D eigenvalue weighted by molar-refractivity contribution is 6.31. The van der Waals surface area contributed by atoms with E-state index < -0.39 is 11.7 Å². The van der Waals surface area contributed by atoms with E-state index in [9.17, 15) is 9.18 Å². The summed E-state index contributed by atoms with van der Waals surface area (Å²) in [6.07, 6.45) is 0.338. The maximum Gasteiger partial charge on any atom is 0.407 e. The molecule has 1 aromatic rings. The Balaban J connectivity index is 2.26. The Morgan fingerprint density at radius 3 is 2.64 bits per heavy atom. The van der Waals surface area contributed by atoms with Gasteiger partial charge >= 0.3 is 6.09 Å². The van der Waals surface area contributed by atoms with Crippen LogP contribution in [0.2, 0.25) is 5.02 Å². The van der Waals surface area contributed by atoms with Crippen LogP contribution in [0.3, 0.4) is 0 Å². The largest absolute Gasteiger partial charge is 0.444 e. The van der Waals surface area contributed by atoms with Crippen LogP contribution >= 0.6 is 11.6 Å². The Hall–Kier alpha value is -1.33. The maximum atomic E-state index is 13.0. The van der Waals surface area contributed by atoms with E-state index in [2.05, 4.69) is 10.6 Å². The van der Waals surface area contributed by atoms with Crippen LogP contribution in [0.1, 0.15) is 45.7 Å². The summed E-state index contributed by atoms with van der Waals surface area (Å²) in [5.41, 5.74) is 0.360. The Morgan fingerprint density at radius 1 is 1.36 bits per heavy atom. The van der Waals surface area contributed by atoms with Crippen LogP contribution in [-0.2, 0) is 4.74 Å². The molecule has 0 radical (unpaired) electrons. The fourth-order valence-corrected chi connectivity index (χ4v) is 2.21. The molecule has 22 heavy (non-hydrogen) atoms. The van der Waals surface area contributed by atoms with Crippen molar-refractivity contribution >= 4 is 17.7 Å². The van der Waals surface area contributed by atoms with Gasteiger partial charge in [-0.3, -0.25) is 0 Å². The molecule has 0 aliphatic rings. The number of hydrogen-bond donors (Lipinski definition) is 2. The number of hydrogen-bond acceptors (Lipinski definition) is 3. The average molecular weight is 331 g/mol. The summed E-state index contributed by atoms with van der Waals surface area (Å²) in [5, 5.41) is 6.39. The quantitative estimate of drug-likeness (QED) is 0.774. The Bertz CT molecular complexity index is 503. The van der Waals surface area contributed by atoms with E-state index in [0.29, 0.717) is 18.1 Å². The van der Waals surface area contributed by atoms with Gasteiger partial charge in [0.1, 0.15) is 11.4 Å². The minimum atomic E-state index is -0.490. The molecule has 0 aliphatic heterocycles. The van der Waals surface area contributed by atoms with E-state index in [0.717, 1.165) is 12.0 Å². The van der Waals surface area contributed by atoms with E-state index in [1.807, 2.05) is 27.7 Å². The van der Waals surface area contributed by atoms with Crippen LogP contribution in [0.4, 0.5) is 9.18 Å². The number of carbonyl (C=O) groups is 1. The van der Waals surface area contributed by atoms with Gasteiger partial charge in [-0.25, -0.2) is 9.18 Å². The maximum absolute atomic E-state index is 13.0. The van der Waals surface area contributed by atoms with Crippen LogP contribution in [0.15, 0.2) is 18.2 Å². The van der Waals surface area contributed by atoms with E-state index in [1.54, 1.807) is 6.07 Å². The zero-order valence-electron chi connectivity index (χ0n) is 13.5. The van der Waals surface area contributed by atoms with Crippen molar-refractivity contribution in [1.82, 2.24) is 10.6 Å². The summed E-state index contributed by atoms with van der Waals surface area (Å²) >= 11 is 6.01. The number of amides is 1. The van der Waals surface area contributed by atoms with Crippen molar-refractivity contribution in [2.75, 3.05) is 13.1 Å². The molecular weight excluding hydrogens is 307 g/mol. The van der Waals surface area contributed by atoms with Crippen molar-refractivity contribution in [3.05, 3.63) is 34.6 Å². The second kappa shape index (κ2) is 8.34. The van der Waals surface area contributed by atoms with Gasteiger partial charge in [0, 0.05) is 17.6 Å². The first-order valence-electron chi connectivity index (χ1n) is 7.34. The molecule has 0 aliphatic carbocycles.